The van der Waals surface area contributed by atoms with Crippen LogP contribution in [0.5, 0.6) is 0 Å². The van der Waals surface area contributed by atoms with Crippen molar-refractivity contribution in [3.63, 3.8) is 0 Å². The van der Waals surface area contributed by atoms with E-state index in [1.54, 1.807) is 7.05 Å². The number of nitrogens with zero attached hydrogens (tertiary/aromatic N) is 3. The Bertz CT molecular complexity index is 696. The molecule has 0 aliphatic heterocycles. The van der Waals surface area contributed by atoms with Gasteiger partial charge in [0.1, 0.15) is 11.6 Å². The first-order valence-corrected chi connectivity index (χ1v) is 5.64. The zero-order valence-electron chi connectivity index (χ0n) is 10.8. The van der Waals surface area contributed by atoms with Crippen LogP contribution in [0.1, 0.15) is 15.9 Å². The van der Waals surface area contributed by atoms with E-state index in [2.05, 4.69) is 10.4 Å². The molecule has 1 N–H and O–H groups in total. The second-order valence-corrected chi connectivity index (χ2v) is 4.18. The lowest BCUT2D eigenvalue weighted by Crippen LogP contribution is -2.17. The number of aromatic nitrogens is 2. The normalized spacial score (nSPS) is 10.3. The maximum atomic E-state index is 13.9. The third-order valence-corrected chi connectivity index (χ3v) is 2.76. The Morgan fingerprint density at radius 2 is 2.20 bits per heavy atom. The summed E-state index contributed by atoms with van der Waals surface area (Å²) in [5.74, 6) is -1.19. The Morgan fingerprint density at radius 3 is 2.75 bits per heavy atom. The summed E-state index contributed by atoms with van der Waals surface area (Å²) in [6, 6.07) is 3.52. The summed E-state index contributed by atoms with van der Waals surface area (Å²) in [6.07, 6.45) is 1.46. The van der Waals surface area contributed by atoms with Crippen molar-refractivity contribution in [1.82, 2.24) is 9.78 Å². The number of benzene rings is 1. The smallest absolute Gasteiger partial charge is 0.270 e. The molecule has 0 fully saturated rings. The number of hydrogen-bond donors (Lipinski definition) is 1. The van der Waals surface area contributed by atoms with Gasteiger partial charge in [-0.2, -0.15) is 5.10 Å². The molecule has 0 spiro atoms. The fourth-order valence-electron chi connectivity index (χ4n) is 1.70. The third-order valence-electron chi connectivity index (χ3n) is 2.76. The van der Waals surface area contributed by atoms with E-state index in [4.69, 9.17) is 0 Å². The number of nitro benzene ring substituents is 1. The molecule has 1 heterocycles. The first kappa shape index (κ1) is 13.7. The summed E-state index contributed by atoms with van der Waals surface area (Å²) in [6.45, 7) is 1.36. The van der Waals surface area contributed by atoms with E-state index >= 15 is 0 Å². The van der Waals surface area contributed by atoms with Crippen molar-refractivity contribution in [3.05, 3.63) is 51.5 Å². The summed E-state index contributed by atoms with van der Waals surface area (Å²) in [7, 11) is 1.60. The molecule has 1 amide bonds. The molecule has 104 valence electrons. The van der Waals surface area contributed by atoms with Gasteiger partial charge in [0.05, 0.1) is 16.7 Å². The number of aryl methyl sites for hydroxylation is 2. The topological polar surface area (TPSA) is 90.1 Å². The van der Waals surface area contributed by atoms with Crippen molar-refractivity contribution in [2.24, 2.45) is 7.05 Å². The summed E-state index contributed by atoms with van der Waals surface area (Å²) in [5, 5.41) is 17.0. The highest BCUT2D eigenvalue weighted by atomic mass is 19.1. The number of amides is 1. The van der Waals surface area contributed by atoms with Crippen LogP contribution < -0.4 is 5.32 Å². The van der Waals surface area contributed by atoms with E-state index in [0.29, 0.717) is 5.82 Å². The SMILES string of the molecule is Cc1cc([N+](=O)[O-])cc(C(=O)Nc2ccnn2C)c1F. The Balaban J connectivity index is 2.39. The zero-order chi connectivity index (χ0) is 14.9. The van der Waals surface area contributed by atoms with E-state index in [1.165, 1.54) is 23.9 Å². The fourth-order valence-corrected chi connectivity index (χ4v) is 1.70. The number of anilines is 1. The molecule has 0 radical (unpaired) electrons. The van der Waals surface area contributed by atoms with Gasteiger partial charge >= 0.3 is 0 Å². The van der Waals surface area contributed by atoms with Gasteiger partial charge in [-0.15, -0.1) is 0 Å². The second kappa shape index (κ2) is 5.08. The largest absolute Gasteiger partial charge is 0.307 e. The predicted octanol–water partition coefficient (Wildman–Crippen LogP) is 2.03. The van der Waals surface area contributed by atoms with Crippen LogP contribution in [0.15, 0.2) is 24.4 Å². The van der Waals surface area contributed by atoms with Gasteiger partial charge in [0.2, 0.25) is 0 Å². The van der Waals surface area contributed by atoms with Crippen molar-refractivity contribution >= 4 is 17.4 Å². The average Bonchev–Trinajstić information content (AvgIpc) is 2.77. The van der Waals surface area contributed by atoms with Crippen molar-refractivity contribution in [2.45, 2.75) is 6.92 Å². The average molecular weight is 278 g/mol. The fraction of sp³-hybridized carbons (Fsp3) is 0.167. The lowest BCUT2D eigenvalue weighted by molar-refractivity contribution is -0.385. The van der Waals surface area contributed by atoms with Gasteiger partial charge in [-0.1, -0.05) is 0 Å². The first-order chi connectivity index (χ1) is 9.40. The van der Waals surface area contributed by atoms with E-state index in [1.807, 2.05) is 0 Å². The van der Waals surface area contributed by atoms with Gasteiger partial charge < -0.3 is 5.32 Å². The van der Waals surface area contributed by atoms with Gasteiger partial charge in [-0.25, -0.2) is 4.39 Å². The lowest BCUT2D eigenvalue weighted by atomic mass is 10.1. The van der Waals surface area contributed by atoms with Crippen molar-refractivity contribution in [2.75, 3.05) is 5.32 Å². The molecule has 0 aliphatic carbocycles. The molecule has 1 aromatic carbocycles. The van der Waals surface area contributed by atoms with Crippen LogP contribution in [0.4, 0.5) is 15.9 Å². The van der Waals surface area contributed by atoms with E-state index in [0.717, 1.165) is 12.1 Å². The van der Waals surface area contributed by atoms with Gasteiger partial charge in [0.25, 0.3) is 11.6 Å². The van der Waals surface area contributed by atoms with E-state index in [9.17, 15) is 19.3 Å². The number of non-ortho nitro benzene ring substituents is 1. The molecule has 8 heteroatoms. The van der Waals surface area contributed by atoms with E-state index in [-0.39, 0.29) is 16.8 Å². The molecule has 0 unspecified atom stereocenters. The summed E-state index contributed by atoms with van der Waals surface area (Å²) in [5.41, 5.74) is -0.675. The van der Waals surface area contributed by atoms with Crippen molar-refractivity contribution in [1.29, 1.82) is 0 Å². The molecular formula is C12H11FN4O3. The Hall–Kier alpha value is -2.77. The van der Waals surface area contributed by atoms with Crippen molar-refractivity contribution < 1.29 is 14.1 Å². The standard InChI is InChI=1S/C12H11FN4O3/c1-7-5-8(17(19)20)6-9(11(7)13)12(18)15-10-3-4-14-16(10)2/h3-6H,1-2H3,(H,15,18). The molecule has 7 nitrogen and oxygen atoms in total. The minimum absolute atomic E-state index is 0.0364. The molecule has 0 bridgehead atoms. The molecule has 2 aromatic rings. The van der Waals surface area contributed by atoms with Crippen LogP contribution in [0.2, 0.25) is 0 Å². The lowest BCUT2D eigenvalue weighted by Gasteiger charge is -2.07. The monoisotopic (exact) mass is 278 g/mol. The Kier molecular flexibility index (Phi) is 3.47. The summed E-state index contributed by atoms with van der Waals surface area (Å²) >= 11 is 0. The van der Waals surface area contributed by atoms with Crippen LogP contribution in [0.3, 0.4) is 0 Å². The molecule has 0 saturated carbocycles. The molecular weight excluding hydrogens is 267 g/mol. The van der Waals surface area contributed by atoms with Crippen LogP contribution in [0, 0.1) is 22.9 Å². The number of carbonyl (C=O) groups is 1. The number of carbonyl (C=O) groups excluding carboxylic acids is 1. The molecule has 20 heavy (non-hydrogen) atoms. The van der Waals surface area contributed by atoms with Gasteiger partial charge in [0.15, 0.2) is 0 Å². The second-order valence-electron chi connectivity index (χ2n) is 4.18. The maximum Gasteiger partial charge on any atom is 0.270 e. The number of nitrogens with one attached hydrogen (secondary N) is 1. The van der Waals surface area contributed by atoms with Gasteiger partial charge in [-0.05, 0) is 12.5 Å². The van der Waals surface area contributed by atoms with E-state index < -0.39 is 16.6 Å². The molecule has 0 aliphatic rings. The highest BCUT2D eigenvalue weighted by Gasteiger charge is 2.20. The number of nitro groups is 1. The van der Waals surface area contributed by atoms with Gasteiger partial charge in [0, 0.05) is 25.2 Å². The summed E-state index contributed by atoms with van der Waals surface area (Å²) < 4.78 is 15.3. The Labute approximate surface area is 113 Å². The summed E-state index contributed by atoms with van der Waals surface area (Å²) in [4.78, 5) is 22.1. The molecule has 1 aromatic heterocycles. The zero-order valence-corrected chi connectivity index (χ0v) is 10.8. The van der Waals surface area contributed by atoms with Crippen LogP contribution in [0.25, 0.3) is 0 Å². The molecule has 0 saturated heterocycles. The predicted molar refractivity (Wildman–Crippen MR) is 69.0 cm³/mol. The minimum Gasteiger partial charge on any atom is -0.307 e. The first-order valence-electron chi connectivity index (χ1n) is 5.64. The minimum atomic E-state index is -0.782. The maximum absolute atomic E-state index is 13.9. The highest BCUT2D eigenvalue weighted by molar-refractivity contribution is 6.04. The third kappa shape index (κ3) is 2.48. The van der Waals surface area contributed by atoms with Crippen LogP contribution in [-0.4, -0.2) is 20.6 Å². The van der Waals surface area contributed by atoms with Gasteiger partial charge in [-0.3, -0.25) is 19.6 Å². The molecule has 0 atom stereocenters. The van der Waals surface area contributed by atoms with Crippen LogP contribution in [-0.2, 0) is 7.05 Å². The molecule has 2 rings (SSSR count). The Morgan fingerprint density at radius 1 is 1.50 bits per heavy atom. The van der Waals surface area contributed by atoms with Crippen LogP contribution >= 0.6 is 0 Å². The number of hydrogen-bond acceptors (Lipinski definition) is 4. The highest BCUT2D eigenvalue weighted by Crippen LogP contribution is 2.22. The van der Waals surface area contributed by atoms with Crippen molar-refractivity contribution in [3.8, 4) is 0 Å². The number of halogens is 1. The number of rotatable bonds is 3. The quantitative estimate of drug-likeness (QED) is 0.687.